The van der Waals surface area contributed by atoms with Gasteiger partial charge in [0.2, 0.25) is 0 Å². The van der Waals surface area contributed by atoms with Crippen molar-refractivity contribution in [2.45, 2.75) is 16.8 Å². The normalized spacial score (nSPS) is 11.4. The third kappa shape index (κ3) is 6.26. The van der Waals surface area contributed by atoms with Gasteiger partial charge in [0.05, 0.1) is 0 Å². The molecule has 0 unspecified atom stereocenters. The predicted octanol–water partition coefficient (Wildman–Crippen LogP) is 1.99. The van der Waals surface area contributed by atoms with Crippen molar-refractivity contribution in [2.24, 2.45) is 0 Å². The Bertz CT molecular complexity index is 78.6. The minimum Gasteiger partial charge on any atom is -0.303 e. The zero-order chi connectivity index (χ0) is 6.62. The maximum Gasteiger partial charge on any atom is 0.297 e. The zero-order valence-corrected chi connectivity index (χ0v) is 6.19. The van der Waals surface area contributed by atoms with Crippen LogP contribution in [0.15, 0.2) is 0 Å². The van der Waals surface area contributed by atoms with E-state index in [1.807, 2.05) is 0 Å². The van der Waals surface area contributed by atoms with Crippen LogP contribution in [0.5, 0.6) is 0 Å². The molecule has 48 valence electrons. The molecular weight excluding hydrogens is 229 g/mol. The van der Waals surface area contributed by atoms with Gasteiger partial charge < -0.3 is 4.79 Å². The van der Waals surface area contributed by atoms with Crippen LogP contribution in [0.3, 0.4) is 0 Å². The van der Waals surface area contributed by atoms with Gasteiger partial charge in [0, 0.05) is 12.8 Å². The second kappa shape index (κ2) is 3.32. The van der Waals surface area contributed by atoms with Gasteiger partial charge in [-0.3, -0.25) is 0 Å². The lowest BCUT2D eigenvalue weighted by atomic mass is 10.3. The number of halogens is 3. The van der Waals surface area contributed by atoms with Crippen molar-refractivity contribution in [3.05, 3.63) is 0 Å². The Balaban J connectivity index is 3.24. The quantitative estimate of drug-likeness (QED) is 0.414. The van der Waals surface area contributed by atoms with Crippen LogP contribution < -0.4 is 0 Å². The van der Waals surface area contributed by atoms with Crippen LogP contribution in [0.25, 0.3) is 0 Å². The molecule has 0 aromatic rings. The molecule has 1 nitrogen and oxygen atoms in total. The van der Waals surface area contributed by atoms with E-state index in [9.17, 15) is 13.6 Å². The average molecular weight is 234 g/mol. The molecule has 0 atom stereocenters. The number of carbonyl (C=O) groups excluding carboxylic acids is 1. The molecule has 0 aliphatic heterocycles. The SMILES string of the molecule is O=CCCC(F)(F)I. The number of hydrogen-bond acceptors (Lipinski definition) is 1. The van der Waals surface area contributed by atoms with Crippen molar-refractivity contribution >= 4 is 28.9 Å². The van der Waals surface area contributed by atoms with Crippen molar-refractivity contribution in [3.8, 4) is 0 Å². The monoisotopic (exact) mass is 234 g/mol. The van der Waals surface area contributed by atoms with E-state index in [0.29, 0.717) is 6.29 Å². The molecule has 0 amide bonds. The first-order valence-corrected chi connectivity index (χ1v) is 3.14. The van der Waals surface area contributed by atoms with Crippen LogP contribution in [-0.2, 0) is 4.79 Å². The predicted molar refractivity (Wildman–Crippen MR) is 34.3 cm³/mol. The number of alkyl halides is 3. The Morgan fingerprint density at radius 2 is 2.12 bits per heavy atom. The topological polar surface area (TPSA) is 17.1 Å². The number of carbonyl (C=O) groups is 1. The molecule has 0 aromatic carbocycles. The molecule has 0 N–H and O–H groups in total. The van der Waals surface area contributed by atoms with Crippen molar-refractivity contribution in [1.82, 2.24) is 0 Å². The number of rotatable bonds is 3. The van der Waals surface area contributed by atoms with Crippen molar-refractivity contribution in [2.75, 3.05) is 0 Å². The van der Waals surface area contributed by atoms with Crippen molar-refractivity contribution < 1.29 is 13.6 Å². The summed E-state index contributed by atoms with van der Waals surface area (Å²) in [5, 5.41) is 0. The summed E-state index contributed by atoms with van der Waals surface area (Å²) in [6, 6.07) is 0. The minimum absolute atomic E-state index is 0.0596. The van der Waals surface area contributed by atoms with Crippen LogP contribution in [-0.4, -0.2) is 10.2 Å². The Kier molecular flexibility index (Phi) is 3.43. The molecule has 4 heteroatoms. The molecule has 0 rings (SSSR count). The molecule has 0 radical (unpaired) electrons. The molecule has 0 aromatic heterocycles. The summed E-state index contributed by atoms with van der Waals surface area (Å²) in [5.41, 5.74) is 0. The van der Waals surface area contributed by atoms with Gasteiger partial charge in [-0.05, 0) is 22.6 Å². The third-order valence-corrected chi connectivity index (χ3v) is 1.09. The van der Waals surface area contributed by atoms with Crippen LogP contribution >= 0.6 is 22.6 Å². The Labute approximate surface area is 59.6 Å². The van der Waals surface area contributed by atoms with Gasteiger partial charge >= 0.3 is 0 Å². The van der Waals surface area contributed by atoms with E-state index in [4.69, 9.17) is 0 Å². The molecular formula is C4H5F2IO. The van der Waals surface area contributed by atoms with Gasteiger partial charge in [0.25, 0.3) is 3.93 Å². The molecule has 0 saturated heterocycles. The van der Waals surface area contributed by atoms with E-state index < -0.39 is 3.93 Å². The van der Waals surface area contributed by atoms with E-state index >= 15 is 0 Å². The van der Waals surface area contributed by atoms with E-state index in [1.165, 1.54) is 0 Å². The highest BCUT2D eigenvalue weighted by Gasteiger charge is 2.21. The minimum atomic E-state index is -2.71. The van der Waals surface area contributed by atoms with E-state index in [2.05, 4.69) is 0 Å². The second-order valence-corrected chi connectivity index (χ2v) is 2.90. The fourth-order valence-electron chi connectivity index (χ4n) is 0.223. The molecule has 0 heterocycles. The average Bonchev–Trinajstić information content (AvgIpc) is 1.59. The summed E-state index contributed by atoms with van der Waals surface area (Å²) in [4.78, 5) is 9.51. The van der Waals surface area contributed by atoms with E-state index in [1.54, 1.807) is 0 Å². The summed E-state index contributed by atoms with van der Waals surface area (Å²) in [5.74, 6) is 0. The van der Waals surface area contributed by atoms with Crippen LogP contribution in [0.2, 0.25) is 0 Å². The lowest BCUT2D eigenvalue weighted by Gasteiger charge is -2.02. The van der Waals surface area contributed by atoms with E-state index in [0.717, 1.165) is 22.6 Å². The van der Waals surface area contributed by atoms with Crippen LogP contribution in [0.4, 0.5) is 8.78 Å². The number of hydrogen-bond donors (Lipinski definition) is 0. The van der Waals surface area contributed by atoms with Gasteiger partial charge in [-0.15, -0.1) is 0 Å². The summed E-state index contributed by atoms with van der Waals surface area (Å²) < 4.78 is 20.8. The first kappa shape index (κ1) is 8.26. The fraction of sp³-hybridized carbons (Fsp3) is 0.750. The standard InChI is InChI=1S/C4H5F2IO/c5-4(6,7)2-1-3-8/h3H,1-2H2. The maximum atomic E-state index is 11.7. The summed E-state index contributed by atoms with van der Waals surface area (Å²) in [6.07, 6.45) is 0.0829. The van der Waals surface area contributed by atoms with Gasteiger partial charge in [0.1, 0.15) is 6.29 Å². The molecule has 8 heavy (non-hydrogen) atoms. The maximum absolute atomic E-state index is 11.7. The Morgan fingerprint density at radius 1 is 1.62 bits per heavy atom. The van der Waals surface area contributed by atoms with Gasteiger partial charge in [-0.25, -0.2) is 0 Å². The molecule has 0 bridgehead atoms. The smallest absolute Gasteiger partial charge is 0.297 e. The van der Waals surface area contributed by atoms with Crippen molar-refractivity contribution in [1.29, 1.82) is 0 Å². The van der Waals surface area contributed by atoms with E-state index in [-0.39, 0.29) is 12.8 Å². The molecule has 0 saturated carbocycles. The van der Waals surface area contributed by atoms with Gasteiger partial charge in [0.15, 0.2) is 0 Å². The molecule has 0 fully saturated rings. The largest absolute Gasteiger partial charge is 0.303 e. The highest BCUT2D eigenvalue weighted by atomic mass is 127. The first-order valence-electron chi connectivity index (χ1n) is 2.06. The molecule has 0 spiro atoms. The summed E-state index contributed by atoms with van der Waals surface area (Å²) in [6.45, 7) is 0. The van der Waals surface area contributed by atoms with Gasteiger partial charge in [-0.1, -0.05) is 0 Å². The first-order chi connectivity index (χ1) is 3.56. The fourth-order valence-corrected chi connectivity index (χ4v) is 0.534. The summed E-state index contributed by atoms with van der Waals surface area (Å²) >= 11 is 1.01. The third-order valence-electron chi connectivity index (χ3n) is 0.546. The zero-order valence-electron chi connectivity index (χ0n) is 4.03. The molecule has 0 aliphatic rings. The van der Waals surface area contributed by atoms with Gasteiger partial charge in [-0.2, -0.15) is 8.78 Å². The molecule has 0 aliphatic carbocycles. The highest BCUT2D eigenvalue weighted by Crippen LogP contribution is 2.27. The van der Waals surface area contributed by atoms with Crippen LogP contribution in [0.1, 0.15) is 12.8 Å². The Hall–Kier alpha value is 0.260. The van der Waals surface area contributed by atoms with Crippen LogP contribution in [0, 0.1) is 0 Å². The second-order valence-electron chi connectivity index (χ2n) is 1.32. The lowest BCUT2D eigenvalue weighted by Crippen LogP contribution is -2.03. The number of aldehydes is 1. The lowest BCUT2D eigenvalue weighted by molar-refractivity contribution is -0.108. The summed E-state index contributed by atoms with van der Waals surface area (Å²) in [7, 11) is 0. The highest BCUT2D eigenvalue weighted by molar-refractivity contribution is 14.1. The van der Waals surface area contributed by atoms with Crippen molar-refractivity contribution in [3.63, 3.8) is 0 Å². The Morgan fingerprint density at radius 3 is 2.25 bits per heavy atom.